The van der Waals surface area contributed by atoms with Gasteiger partial charge in [0.05, 0.1) is 11.5 Å². The number of aliphatic hydroxyl groups is 1. The lowest BCUT2D eigenvalue weighted by Crippen LogP contribution is -2.56. The van der Waals surface area contributed by atoms with Crippen LogP contribution in [-0.2, 0) is 19.2 Å². The summed E-state index contributed by atoms with van der Waals surface area (Å²) in [5, 5.41) is 17.6. The van der Waals surface area contributed by atoms with Crippen molar-refractivity contribution in [1.29, 1.82) is 0 Å². The van der Waals surface area contributed by atoms with E-state index in [-0.39, 0.29) is 18.9 Å². The van der Waals surface area contributed by atoms with Crippen molar-refractivity contribution in [3.05, 3.63) is 88.5 Å². The van der Waals surface area contributed by atoms with Gasteiger partial charge in [-0.05, 0) is 101 Å². The van der Waals surface area contributed by atoms with Crippen LogP contribution in [0.25, 0.3) is 0 Å². The Balaban J connectivity index is 1.74. The summed E-state index contributed by atoms with van der Waals surface area (Å²) < 4.78 is 5.75. The number of Topliss-reactive ketones (excluding diaryl/α,β-unsaturated/α-hetero) is 1. The van der Waals surface area contributed by atoms with Gasteiger partial charge in [0.15, 0.2) is 6.61 Å². The fourth-order valence-corrected chi connectivity index (χ4v) is 6.28. The number of nitrogens with zero attached hydrogens (tertiary/aromatic N) is 1. The highest BCUT2D eigenvalue weighted by Crippen LogP contribution is 2.47. The second-order valence-corrected chi connectivity index (χ2v) is 12.4. The molecule has 3 amide bonds. The number of carbonyl (C=O) groups is 4. The van der Waals surface area contributed by atoms with E-state index in [1.807, 2.05) is 65.8 Å². The Morgan fingerprint density at radius 3 is 1.89 bits per heavy atom. The molecular weight excluding hydrogens is 582 g/mol. The van der Waals surface area contributed by atoms with Crippen molar-refractivity contribution in [3.63, 3.8) is 0 Å². The zero-order chi connectivity index (χ0) is 33.8. The summed E-state index contributed by atoms with van der Waals surface area (Å²) in [4.78, 5) is 56.1. The molecule has 4 unspecified atom stereocenters. The molecule has 3 N–H and O–H groups in total. The van der Waals surface area contributed by atoms with Crippen LogP contribution >= 0.6 is 0 Å². The van der Waals surface area contributed by atoms with Crippen LogP contribution in [0.3, 0.4) is 0 Å². The number of carbonyl (C=O) groups excluding carboxylic acids is 4. The Hall–Kier alpha value is -4.50. The predicted octanol–water partition coefficient (Wildman–Crippen LogP) is 5.48. The molecule has 0 spiro atoms. The lowest BCUT2D eigenvalue weighted by Gasteiger charge is -2.44. The number of amides is 3. The van der Waals surface area contributed by atoms with Crippen LogP contribution in [0.15, 0.2) is 60.7 Å². The zero-order valence-corrected chi connectivity index (χ0v) is 27.8. The van der Waals surface area contributed by atoms with Crippen LogP contribution in [-0.4, -0.2) is 58.8 Å². The number of likely N-dealkylation sites (N-methyl/N-ethyl adjacent to an activating group) is 1. The summed E-state index contributed by atoms with van der Waals surface area (Å²) in [6.07, 6.45) is -0.367. The summed E-state index contributed by atoms with van der Waals surface area (Å²) in [6, 6.07) is 17.8. The van der Waals surface area contributed by atoms with E-state index in [0.717, 1.165) is 22.3 Å². The molecule has 46 heavy (non-hydrogen) atoms. The van der Waals surface area contributed by atoms with Crippen LogP contribution in [0.2, 0.25) is 0 Å². The smallest absolute Gasteiger partial charge is 0.260 e. The molecule has 0 heterocycles. The van der Waals surface area contributed by atoms with Crippen LogP contribution in [0.4, 0.5) is 11.4 Å². The highest BCUT2D eigenvalue weighted by Gasteiger charge is 2.56. The molecule has 1 aliphatic rings. The van der Waals surface area contributed by atoms with Gasteiger partial charge in [0.2, 0.25) is 11.8 Å². The van der Waals surface area contributed by atoms with Crippen molar-refractivity contribution < 1.29 is 29.0 Å². The van der Waals surface area contributed by atoms with Gasteiger partial charge in [0.25, 0.3) is 5.91 Å². The quantitative estimate of drug-likeness (QED) is 0.256. The first-order valence-electron chi connectivity index (χ1n) is 15.8. The number of hydrogen-bond acceptors (Lipinski definition) is 6. The van der Waals surface area contributed by atoms with E-state index in [0.29, 0.717) is 35.8 Å². The lowest BCUT2D eigenvalue weighted by atomic mass is 9.61. The monoisotopic (exact) mass is 627 g/mol. The number of nitrogens with one attached hydrogen (secondary N) is 2. The van der Waals surface area contributed by atoms with E-state index in [1.165, 1.54) is 6.92 Å². The van der Waals surface area contributed by atoms with E-state index >= 15 is 0 Å². The summed E-state index contributed by atoms with van der Waals surface area (Å²) in [6.45, 7) is 13.9. The summed E-state index contributed by atoms with van der Waals surface area (Å²) in [5.41, 5.74) is 3.65. The molecule has 4 atom stereocenters. The van der Waals surface area contributed by atoms with Crippen LogP contribution in [0.1, 0.15) is 60.9 Å². The predicted molar refractivity (Wildman–Crippen MR) is 179 cm³/mol. The maximum absolute atomic E-state index is 14.1. The van der Waals surface area contributed by atoms with Crippen molar-refractivity contribution in [2.75, 3.05) is 30.3 Å². The third-order valence-electron chi connectivity index (χ3n) is 9.30. The molecule has 0 bridgehead atoms. The number of ketones is 1. The molecule has 1 saturated carbocycles. The first-order chi connectivity index (χ1) is 21.8. The molecule has 9 heteroatoms. The molecule has 0 saturated heterocycles. The molecule has 244 valence electrons. The number of aryl methyl sites for hydroxylation is 2. The molecule has 0 aromatic heterocycles. The average molecular weight is 628 g/mol. The van der Waals surface area contributed by atoms with Crippen molar-refractivity contribution >= 4 is 34.9 Å². The van der Waals surface area contributed by atoms with Gasteiger partial charge in [-0.2, -0.15) is 0 Å². The summed E-state index contributed by atoms with van der Waals surface area (Å²) in [7, 11) is 0. The van der Waals surface area contributed by atoms with Gasteiger partial charge in [0, 0.05) is 36.8 Å². The van der Waals surface area contributed by atoms with E-state index < -0.39 is 41.0 Å². The van der Waals surface area contributed by atoms with Crippen molar-refractivity contribution in [2.45, 2.75) is 66.4 Å². The normalized spacial score (nSPS) is 21.0. The van der Waals surface area contributed by atoms with Gasteiger partial charge in [-0.3, -0.25) is 19.2 Å². The van der Waals surface area contributed by atoms with Gasteiger partial charge >= 0.3 is 0 Å². The zero-order valence-electron chi connectivity index (χ0n) is 27.8. The summed E-state index contributed by atoms with van der Waals surface area (Å²) >= 11 is 0. The second-order valence-electron chi connectivity index (χ2n) is 12.4. The maximum Gasteiger partial charge on any atom is 0.260 e. The minimum Gasteiger partial charge on any atom is -0.484 e. The first-order valence-corrected chi connectivity index (χ1v) is 15.8. The fraction of sp³-hybridized carbons (Fsp3) is 0.405. The Morgan fingerprint density at radius 2 is 1.37 bits per heavy atom. The van der Waals surface area contributed by atoms with Gasteiger partial charge in [0.1, 0.15) is 17.5 Å². The van der Waals surface area contributed by atoms with Gasteiger partial charge < -0.3 is 25.4 Å². The fourth-order valence-electron chi connectivity index (χ4n) is 6.28. The van der Waals surface area contributed by atoms with Crippen molar-refractivity contribution in [2.24, 2.45) is 11.8 Å². The SMILES string of the molecule is CCN(CC)C(=O)COc1ccc(C2C(C(=O)Nc3cccc(C)c3C)C(=O)CC(C)(O)C2C(=O)Nc2cccc(C)c2C)cc1. The van der Waals surface area contributed by atoms with Crippen molar-refractivity contribution in [1.82, 2.24) is 4.90 Å². The molecule has 0 radical (unpaired) electrons. The minimum absolute atomic E-state index is 0.139. The van der Waals surface area contributed by atoms with E-state index in [1.54, 1.807) is 41.3 Å². The maximum atomic E-state index is 14.1. The first kappa shape index (κ1) is 34.4. The minimum atomic E-state index is -1.75. The van der Waals surface area contributed by atoms with Crippen molar-refractivity contribution in [3.8, 4) is 5.75 Å². The molecule has 9 nitrogen and oxygen atoms in total. The molecular formula is C37H45N3O6. The number of benzene rings is 3. The van der Waals surface area contributed by atoms with Crippen LogP contribution < -0.4 is 15.4 Å². The number of anilines is 2. The molecule has 1 fully saturated rings. The topological polar surface area (TPSA) is 125 Å². The van der Waals surface area contributed by atoms with E-state index in [2.05, 4.69) is 10.6 Å². The Labute approximate surface area is 271 Å². The number of ether oxygens (including phenoxy) is 1. The average Bonchev–Trinajstić information content (AvgIpc) is 3.00. The standard InChI is InChI=1S/C37H45N3O6/c1-8-40(9-2)31(42)21-46-27-18-16-26(17-19-27)32-33(35(43)38-28-14-10-12-22(3)24(28)5)30(41)20-37(7,45)34(32)36(44)39-29-15-11-13-23(4)25(29)6/h10-19,32-34,45H,8-9,20-21H2,1-7H3,(H,38,43)(H,39,44). The molecule has 4 rings (SSSR count). The third-order valence-corrected chi connectivity index (χ3v) is 9.30. The van der Waals surface area contributed by atoms with Gasteiger partial charge in [-0.15, -0.1) is 0 Å². The Bertz CT molecular complexity index is 1610. The van der Waals surface area contributed by atoms with E-state index in [9.17, 15) is 24.3 Å². The Kier molecular flexibility index (Phi) is 10.7. The third kappa shape index (κ3) is 7.31. The molecule has 0 aliphatic heterocycles. The molecule has 3 aromatic carbocycles. The number of rotatable bonds is 10. The molecule has 3 aromatic rings. The highest BCUT2D eigenvalue weighted by atomic mass is 16.5. The number of hydrogen-bond donors (Lipinski definition) is 3. The largest absolute Gasteiger partial charge is 0.484 e. The highest BCUT2D eigenvalue weighted by molar-refractivity contribution is 6.10. The Morgan fingerprint density at radius 1 is 0.848 bits per heavy atom. The van der Waals surface area contributed by atoms with Crippen LogP contribution in [0, 0.1) is 39.5 Å². The second kappa shape index (κ2) is 14.3. The van der Waals surface area contributed by atoms with Crippen LogP contribution in [0.5, 0.6) is 5.75 Å². The summed E-state index contributed by atoms with van der Waals surface area (Å²) in [5.74, 6) is -4.64. The van der Waals surface area contributed by atoms with Gasteiger partial charge in [-0.1, -0.05) is 36.4 Å². The molecule has 1 aliphatic carbocycles. The van der Waals surface area contributed by atoms with Gasteiger partial charge in [-0.25, -0.2) is 0 Å². The lowest BCUT2D eigenvalue weighted by molar-refractivity contribution is -0.150. The van der Waals surface area contributed by atoms with E-state index in [4.69, 9.17) is 4.74 Å².